The molecule has 0 aromatic heterocycles. The van der Waals surface area contributed by atoms with Gasteiger partial charge in [-0.05, 0) is 73.8 Å². The van der Waals surface area contributed by atoms with Gasteiger partial charge in [-0.25, -0.2) is 0 Å². The number of carbonyl (C=O) groups excluding carboxylic acids is 2. The molecular weight excluding hydrogens is 302 g/mol. The van der Waals surface area contributed by atoms with Crippen LogP contribution in [-0.4, -0.2) is 34.5 Å². The molecule has 4 heteroatoms. The summed E-state index contributed by atoms with van der Waals surface area (Å²) in [5.74, 6) is 1.73. The van der Waals surface area contributed by atoms with E-state index in [1.54, 1.807) is 24.3 Å². The van der Waals surface area contributed by atoms with Gasteiger partial charge in [0.25, 0.3) is 11.8 Å². The molecule has 6 rings (SSSR count). The molecule has 4 bridgehead atoms. The molecule has 2 amide bonds. The van der Waals surface area contributed by atoms with Gasteiger partial charge in [0.15, 0.2) is 0 Å². The molecule has 1 atom stereocenters. The molecule has 0 saturated heterocycles. The summed E-state index contributed by atoms with van der Waals surface area (Å²) in [5.41, 5.74) is 0.924. The minimum atomic E-state index is -0.363. The highest BCUT2D eigenvalue weighted by Crippen LogP contribution is 2.62. The summed E-state index contributed by atoms with van der Waals surface area (Å²) in [7, 11) is 0. The number of amides is 2. The second kappa shape index (κ2) is 4.92. The lowest BCUT2D eigenvalue weighted by Gasteiger charge is -2.60. The average molecular weight is 325 g/mol. The summed E-state index contributed by atoms with van der Waals surface area (Å²) in [6.45, 7) is -0.113. The van der Waals surface area contributed by atoms with Crippen LogP contribution in [-0.2, 0) is 0 Å². The quantitative estimate of drug-likeness (QED) is 0.870. The molecule has 1 aromatic carbocycles. The fourth-order valence-electron chi connectivity index (χ4n) is 6.63. The predicted molar refractivity (Wildman–Crippen MR) is 88.4 cm³/mol. The number of carbonyl (C=O) groups is 2. The van der Waals surface area contributed by atoms with Crippen LogP contribution in [0.25, 0.3) is 0 Å². The Hall–Kier alpha value is -1.68. The number of benzene rings is 1. The van der Waals surface area contributed by atoms with Gasteiger partial charge < -0.3 is 5.11 Å². The summed E-state index contributed by atoms with van der Waals surface area (Å²) in [6, 6.07) is 6.68. The molecule has 1 N–H and O–H groups in total. The molecule has 24 heavy (non-hydrogen) atoms. The van der Waals surface area contributed by atoms with E-state index in [1.165, 1.54) is 24.2 Å². The lowest BCUT2D eigenvalue weighted by molar-refractivity contribution is -0.0989. The van der Waals surface area contributed by atoms with E-state index in [2.05, 4.69) is 0 Å². The van der Waals surface area contributed by atoms with Crippen LogP contribution in [0.15, 0.2) is 24.3 Å². The van der Waals surface area contributed by atoms with Crippen molar-refractivity contribution < 1.29 is 14.7 Å². The maximum Gasteiger partial charge on any atom is 0.261 e. The van der Waals surface area contributed by atoms with E-state index in [1.807, 2.05) is 0 Å². The lowest BCUT2D eigenvalue weighted by Crippen LogP contribution is -2.59. The SMILES string of the molecule is O=C1c2ccccc2C(=O)N1[C@H](CO)C12CC3CC(CC(C3)C1)C2. The minimum Gasteiger partial charge on any atom is -0.394 e. The van der Waals surface area contributed by atoms with Crippen molar-refractivity contribution in [1.82, 2.24) is 4.90 Å². The largest absolute Gasteiger partial charge is 0.394 e. The number of hydrogen-bond acceptors (Lipinski definition) is 3. The van der Waals surface area contributed by atoms with Crippen molar-refractivity contribution in [1.29, 1.82) is 0 Å². The Bertz CT molecular complexity index is 655. The van der Waals surface area contributed by atoms with Crippen LogP contribution in [0.4, 0.5) is 0 Å². The number of nitrogens with zero attached hydrogens (tertiary/aromatic N) is 1. The predicted octanol–water partition coefficient (Wildman–Crippen LogP) is 2.86. The molecule has 0 radical (unpaired) electrons. The number of aliphatic hydroxyl groups is 1. The van der Waals surface area contributed by atoms with E-state index in [0.29, 0.717) is 11.1 Å². The van der Waals surface area contributed by atoms with E-state index in [9.17, 15) is 14.7 Å². The van der Waals surface area contributed by atoms with Crippen LogP contribution in [0.2, 0.25) is 0 Å². The second-order valence-corrected chi connectivity index (χ2v) is 8.50. The van der Waals surface area contributed by atoms with Crippen molar-refractivity contribution in [3.8, 4) is 0 Å². The summed E-state index contributed by atoms with van der Waals surface area (Å²) >= 11 is 0. The Kier molecular flexibility index (Phi) is 3.00. The van der Waals surface area contributed by atoms with Gasteiger partial charge in [-0.2, -0.15) is 0 Å². The van der Waals surface area contributed by atoms with Crippen molar-refractivity contribution in [2.24, 2.45) is 23.2 Å². The summed E-state index contributed by atoms with van der Waals surface area (Å²) in [6.07, 6.45) is 7.12. The Labute approximate surface area is 141 Å². The highest BCUT2D eigenvalue weighted by atomic mass is 16.3. The highest BCUT2D eigenvalue weighted by Gasteiger charge is 2.57. The topological polar surface area (TPSA) is 57.6 Å². The Morgan fingerprint density at radius 2 is 1.42 bits per heavy atom. The smallest absolute Gasteiger partial charge is 0.261 e. The molecule has 0 unspecified atom stereocenters. The second-order valence-electron chi connectivity index (χ2n) is 8.50. The van der Waals surface area contributed by atoms with Gasteiger partial charge in [0.05, 0.1) is 23.8 Å². The van der Waals surface area contributed by atoms with Crippen LogP contribution in [0.1, 0.15) is 59.2 Å². The zero-order valence-electron chi connectivity index (χ0n) is 13.8. The van der Waals surface area contributed by atoms with Crippen molar-refractivity contribution in [3.05, 3.63) is 35.4 Å². The molecule has 1 aliphatic heterocycles. The van der Waals surface area contributed by atoms with Crippen molar-refractivity contribution in [2.45, 2.75) is 44.6 Å². The minimum absolute atomic E-state index is 0.0587. The van der Waals surface area contributed by atoms with Crippen molar-refractivity contribution in [3.63, 3.8) is 0 Å². The van der Waals surface area contributed by atoms with Crippen LogP contribution in [0.5, 0.6) is 0 Å². The first kappa shape index (κ1) is 14.6. The monoisotopic (exact) mass is 325 g/mol. The first-order valence-corrected chi connectivity index (χ1v) is 9.19. The van der Waals surface area contributed by atoms with Gasteiger partial charge in [0, 0.05) is 0 Å². The molecule has 4 aliphatic carbocycles. The van der Waals surface area contributed by atoms with Crippen LogP contribution in [0, 0.1) is 23.2 Å². The number of hydrogen-bond donors (Lipinski definition) is 1. The third kappa shape index (κ3) is 1.83. The zero-order valence-corrected chi connectivity index (χ0v) is 13.8. The summed E-state index contributed by atoms with van der Waals surface area (Å²) in [4.78, 5) is 27.2. The van der Waals surface area contributed by atoms with Gasteiger partial charge in [-0.1, -0.05) is 12.1 Å². The van der Waals surface area contributed by atoms with E-state index in [4.69, 9.17) is 0 Å². The van der Waals surface area contributed by atoms with E-state index < -0.39 is 0 Å². The fourth-order valence-corrected chi connectivity index (χ4v) is 6.63. The van der Waals surface area contributed by atoms with E-state index in [-0.39, 0.29) is 29.9 Å². The van der Waals surface area contributed by atoms with Gasteiger partial charge in [-0.3, -0.25) is 14.5 Å². The standard InChI is InChI=1S/C20H23NO3/c22-11-17(20-8-12-5-13(9-20)7-14(6-12)10-20)21-18(23)15-3-1-2-4-16(15)19(21)24/h1-4,12-14,17,22H,5-11H2/t12?,13?,14?,17-,20?/m1/s1. The molecule has 5 aliphatic rings. The van der Waals surface area contributed by atoms with E-state index >= 15 is 0 Å². The van der Waals surface area contributed by atoms with Crippen molar-refractivity contribution >= 4 is 11.8 Å². The molecule has 4 fully saturated rings. The fraction of sp³-hybridized carbons (Fsp3) is 0.600. The maximum atomic E-state index is 12.9. The van der Waals surface area contributed by atoms with Crippen molar-refractivity contribution in [2.75, 3.05) is 6.61 Å². The van der Waals surface area contributed by atoms with Crippen LogP contribution in [0.3, 0.4) is 0 Å². The summed E-state index contributed by atoms with van der Waals surface area (Å²) in [5, 5.41) is 10.2. The van der Waals surface area contributed by atoms with Gasteiger partial charge in [0.2, 0.25) is 0 Å². The first-order chi connectivity index (χ1) is 11.6. The lowest BCUT2D eigenvalue weighted by atomic mass is 9.47. The molecule has 1 aromatic rings. The molecule has 1 heterocycles. The highest BCUT2D eigenvalue weighted by molar-refractivity contribution is 6.21. The zero-order chi connectivity index (χ0) is 16.5. The van der Waals surface area contributed by atoms with Crippen LogP contribution >= 0.6 is 0 Å². The number of rotatable bonds is 3. The number of fused-ring (bicyclic) bond motifs is 1. The Morgan fingerprint density at radius 1 is 0.958 bits per heavy atom. The van der Waals surface area contributed by atoms with Gasteiger partial charge >= 0.3 is 0 Å². The normalized spacial score (nSPS) is 37.9. The summed E-state index contributed by atoms with van der Waals surface area (Å²) < 4.78 is 0. The third-order valence-corrected chi connectivity index (χ3v) is 7.10. The molecule has 4 nitrogen and oxygen atoms in total. The van der Waals surface area contributed by atoms with Crippen LogP contribution < -0.4 is 0 Å². The Balaban J connectivity index is 1.54. The molecule has 126 valence electrons. The molecular formula is C20H23NO3. The van der Waals surface area contributed by atoms with Gasteiger partial charge in [-0.15, -0.1) is 0 Å². The maximum absolute atomic E-state index is 12.9. The average Bonchev–Trinajstić information content (AvgIpc) is 2.80. The van der Waals surface area contributed by atoms with E-state index in [0.717, 1.165) is 37.0 Å². The molecule has 0 spiro atoms. The van der Waals surface area contributed by atoms with Gasteiger partial charge in [0.1, 0.15) is 0 Å². The Morgan fingerprint density at radius 3 is 1.83 bits per heavy atom. The third-order valence-electron chi connectivity index (χ3n) is 7.10. The first-order valence-electron chi connectivity index (χ1n) is 9.19. The molecule has 4 saturated carbocycles. The number of imide groups is 1. The number of aliphatic hydroxyl groups excluding tert-OH is 1.